The van der Waals surface area contributed by atoms with Crippen molar-refractivity contribution in [1.82, 2.24) is 5.32 Å². The molecule has 17 heavy (non-hydrogen) atoms. The predicted octanol–water partition coefficient (Wildman–Crippen LogP) is 3.47. The Labute approximate surface area is 108 Å². The van der Waals surface area contributed by atoms with Crippen LogP contribution in [0.5, 0.6) is 0 Å². The largest absolute Gasteiger partial charge is 0.381 e. The highest BCUT2D eigenvalue weighted by Crippen LogP contribution is 2.47. The zero-order valence-corrected chi connectivity index (χ0v) is 12.2. The van der Waals surface area contributed by atoms with E-state index in [1.165, 1.54) is 19.3 Å². The molecule has 0 aromatic carbocycles. The Morgan fingerprint density at radius 2 is 2.00 bits per heavy atom. The molecule has 0 aromatic rings. The molecule has 0 bridgehead atoms. The smallest absolute Gasteiger partial charge is 0.0471 e. The zero-order valence-electron chi connectivity index (χ0n) is 12.2. The molecule has 102 valence electrons. The molecule has 1 unspecified atom stereocenters. The average molecular weight is 241 g/mol. The first-order valence-corrected chi connectivity index (χ1v) is 7.37. The SMILES string of the molecule is CCCOCCC(C)(CNCC(C)C)C1CC1. The van der Waals surface area contributed by atoms with Gasteiger partial charge in [0.2, 0.25) is 0 Å². The molecule has 0 heterocycles. The van der Waals surface area contributed by atoms with Gasteiger partial charge in [0.1, 0.15) is 0 Å². The lowest BCUT2D eigenvalue weighted by Gasteiger charge is -2.30. The van der Waals surface area contributed by atoms with Crippen LogP contribution in [-0.2, 0) is 4.74 Å². The molecule has 0 saturated heterocycles. The maximum absolute atomic E-state index is 5.66. The maximum atomic E-state index is 5.66. The topological polar surface area (TPSA) is 21.3 Å². The van der Waals surface area contributed by atoms with Gasteiger partial charge < -0.3 is 10.1 Å². The minimum Gasteiger partial charge on any atom is -0.381 e. The van der Waals surface area contributed by atoms with E-state index in [9.17, 15) is 0 Å². The van der Waals surface area contributed by atoms with Gasteiger partial charge in [-0.15, -0.1) is 0 Å². The fraction of sp³-hybridized carbons (Fsp3) is 1.00. The van der Waals surface area contributed by atoms with Crippen molar-refractivity contribution >= 4 is 0 Å². The number of rotatable bonds is 10. The summed E-state index contributed by atoms with van der Waals surface area (Å²) < 4.78 is 5.66. The van der Waals surface area contributed by atoms with Gasteiger partial charge >= 0.3 is 0 Å². The Hall–Kier alpha value is -0.0800. The Bertz CT molecular complexity index is 201. The fourth-order valence-electron chi connectivity index (χ4n) is 2.42. The van der Waals surface area contributed by atoms with Crippen LogP contribution in [0.15, 0.2) is 0 Å². The minimum absolute atomic E-state index is 0.461. The van der Waals surface area contributed by atoms with Gasteiger partial charge in [0.25, 0.3) is 0 Å². The summed E-state index contributed by atoms with van der Waals surface area (Å²) in [7, 11) is 0. The van der Waals surface area contributed by atoms with E-state index in [1.54, 1.807) is 0 Å². The lowest BCUT2D eigenvalue weighted by molar-refractivity contribution is 0.0899. The number of nitrogens with one attached hydrogen (secondary N) is 1. The van der Waals surface area contributed by atoms with Crippen molar-refractivity contribution in [2.75, 3.05) is 26.3 Å². The highest BCUT2D eigenvalue weighted by Gasteiger charge is 2.40. The molecule has 0 aromatic heterocycles. The first-order valence-electron chi connectivity index (χ1n) is 7.37. The molecule has 1 aliphatic carbocycles. The van der Waals surface area contributed by atoms with Crippen molar-refractivity contribution in [2.24, 2.45) is 17.3 Å². The zero-order chi connectivity index (χ0) is 12.7. The molecular formula is C15H31NO. The Balaban J connectivity index is 2.24. The summed E-state index contributed by atoms with van der Waals surface area (Å²) in [5.41, 5.74) is 0.461. The molecule has 2 nitrogen and oxygen atoms in total. The van der Waals surface area contributed by atoms with Crippen LogP contribution in [0.25, 0.3) is 0 Å². The number of ether oxygens (including phenoxy) is 1. The summed E-state index contributed by atoms with van der Waals surface area (Å²) in [5.74, 6) is 1.68. The molecule has 1 rings (SSSR count). The van der Waals surface area contributed by atoms with Gasteiger partial charge in [-0.05, 0) is 49.5 Å². The summed E-state index contributed by atoms with van der Waals surface area (Å²) in [4.78, 5) is 0. The second kappa shape index (κ2) is 7.38. The van der Waals surface area contributed by atoms with Crippen LogP contribution in [-0.4, -0.2) is 26.3 Å². The van der Waals surface area contributed by atoms with Crippen molar-refractivity contribution in [3.05, 3.63) is 0 Å². The van der Waals surface area contributed by atoms with Crippen LogP contribution in [0.1, 0.15) is 53.4 Å². The molecule has 1 atom stereocenters. The van der Waals surface area contributed by atoms with Gasteiger partial charge in [-0.2, -0.15) is 0 Å². The molecule has 1 aliphatic rings. The van der Waals surface area contributed by atoms with E-state index in [2.05, 4.69) is 33.0 Å². The first kappa shape index (κ1) is 15.0. The van der Waals surface area contributed by atoms with E-state index >= 15 is 0 Å². The van der Waals surface area contributed by atoms with Gasteiger partial charge in [-0.25, -0.2) is 0 Å². The monoisotopic (exact) mass is 241 g/mol. The van der Waals surface area contributed by atoms with Crippen LogP contribution < -0.4 is 5.32 Å². The summed E-state index contributed by atoms with van der Waals surface area (Å²) in [6.45, 7) is 13.3. The van der Waals surface area contributed by atoms with E-state index in [0.717, 1.165) is 44.6 Å². The third-order valence-electron chi connectivity index (χ3n) is 3.81. The van der Waals surface area contributed by atoms with E-state index in [0.29, 0.717) is 5.41 Å². The van der Waals surface area contributed by atoms with Crippen LogP contribution in [0, 0.1) is 17.3 Å². The summed E-state index contributed by atoms with van der Waals surface area (Å²) >= 11 is 0. The van der Waals surface area contributed by atoms with Crippen LogP contribution in [0.3, 0.4) is 0 Å². The van der Waals surface area contributed by atoms with Gasteiger partial charge in [-0.1, -0.05) is 27.7 Å². The molecule has 0 aliphatic heterocycles. The summed E-state index contributed by atoms with van der Waals surface area (Å²) in [6, 6.07) is 0. The quantitative estimate of drug-likeness (QED) is 0.591. The van der Waals surface area contributed by atoms with E-state index in [-0.39, 0.29) is 0 Å². The van der Waals surface area contributed by atoms with E-state index in [1.807, 2.05) is 0 Å². The third-order valence-corrected chi connectivity index (χ3v) is 3.81. The number of hydrogen-bond acceptors (Lipinski definition) is 2. The highest BCUT2D eigenvalue weighted by molar-refractivity contribution is 4.92. The minimum atomic E-state index is 0.461. The molecule has 1 N–H and O–H groups in total. The fourth-order valence-corrected chi connectivity index (χ4v) is 2.42. The molecule has 2 heteroatoms. The second-order valence-electron chi connectivity index (χ2n) is 6.32. The summed E-state index contributed by atoms with van der Waals surface area (Å²) in [5, 5.41) is 3.63. The van der Waals surface area contributed by atoms with Crippen LogP contribution >= 0.6 is 0 Å². The van der Waals surface area contributed by atoms with Crippen LogP contribution in [0.4, 0.5) is 0 Å². The predicted molar refractivity (Wildman–Crippen MR) is 74.3 cm³/mol. The Kier molecular flexibility index (Phi) is 6.50. The lowest BCUT2D eigenvalue weighted by Crippen LogP contribution is -2.36. The molecular weight excluding hydrogens is 210 g/mol. The summed E-state index contributed by atoms with van der Waals surface area (Å²) in [6.07, 6.45) is 5.19. The molecule has 1 fully saturated rings. The van der Waals surface area contributed by atoms with Gasteiger partial charge in [0, 0.05) is 19.8 Å². The van der Waals surface area contributed by atoms with Crippen molar-refractivity contribution in [1.29, 1.82) is 0 Å². The normalized spacial score (nSPS) is 19.6. The molecule has 0 radical (unpaired) electrons. The van der Waals surface area contributed by atoms with Crippen molar-refractivity contribution in [3.8, 4) is 0 Å². The van der Waals surface area contributed by atoms with Crippen molar-refractivity contribution in [2.45, 2.75) is 53.4 Å². The van der Waals surface area contributed by atoms with Gasteiger partial charge in [-0.3, -0.25) is 0 Å². The third kappa shape index (κ3) is 5.87. The maximum Gasteiger partial charge on any atom is 0.0471 e. The number of hydrogen-bond donors (Lipinski definition) is 1. The van der Waals surface area contributed by atoms with Crippen molar-refractivity contribution in [3.63, 3.8) is 0 Å². The molecule has 0 amide bonds. The van der Waals surface area contributed by atoms with Gasteiger partial charge in [0.15, 0.2) is 0 Å². The van der Waals surface area contributed by atoms with E-state index < -0.39 is 0 Å². The van der Waals surface area contributed by atoms with Crippen molar-refractivity contribution < 1.29 is 4.74 Å². The molecule has 1 saturated carbocycles. The Morgan fingerprint density at radius 1 is 1.29 bits per heavy atom. The standard InChI is InChI=1S/C15H31NO/c1-5-9-17-10-8-15(4,14-6-7-14)12-16-11-13(2)3/h13-14,16H,5-12H2,1-4H3. The Morgan fingerprint density at radius 3 is 2.53 bits per heavy atom. The van der Waals surface area contributed by atoms with Gasteiger partial charge in [0.05, 0.1) is 0 Å². The van der Waals surface area contributed by atoms with E-state index in [4.69, 9.17) is 4.74 Å². The average Bonchev–Trinajstić information content (AvgIpc) is 3.08. The van der Waals surface area contributed by atoms with Crippen LogP contribution in [0.2, 0.25) is 0 Å². The highest BCUT2D eigenvalue weighted by atomic mass is 16.5. The lowest BCUT2D eigenvalue weighted by atomic mass is 9.81. The molecule has 0 spiro atoms. The second-order valence-corrected chi connectivity index (χ2v) is 6.32. The first-order chi connectivity index (χ1) is 8.08.